The van der Waals surface area contributed by atoms with Crippen molar-refractivity contribution >= 4 is 20.9 Å². The molecule has 184 valence electrons. The van der Waals surface area contributed by atoms with Crippen LogP contribution < -0.4 is 14.2 Å². The number of hydrogen-bond acceptors (Lipinski definition) is 6. The van der Waals surface area contributed by atoms with E-state index in [0.717, 1.165) is 28.0 Å². The van der Waals surface area contributed by atoms with Gasteiger partial charge in [-0.2, -0.15) is 8.42 Å². The van der Waals surface area contributed by atoms with Gasteiger partial charge in [0.15, 0.2) is 12.8 Å². The average molecular weight is 497 g/mol. The molecule has 1 aromatic heterocycles. The molecule has 0 unspecified atom stereocenters. The lowest BCUT2D eigenvalue weighted by Gasteiger charge is -2.08. The lowest BCUT2D eigenvalue weighted by atomic mass is 10.1. The third-order valence-corrected chi connectivity index (χ3v) is 6.73. The molecule has 0 radical (unpaired) electrons. The van der Waals surface area contributed by atoms with Gasteiger partial charge in [0.25, 0.3) is 10.1 Å². The number of fused-ring (bicyclic) bond motifs is 1. The van der Waals surface area contributed by atoms with Gasteiger partial charge in [0.2, 0.25) is 5.69 Å². The van der Waals surface area contributed by atoms with E-state index in [4.69, 9.17) is 13.7 Å². The summed E-state index contributed by atoms with van der Waals surface area (Å²) in [5.41, 5.74) is 0.888. The summed E-state index contributed by atoms with van der Waals surface area (Å²) in [4.78, 5) is 0. The lowest BCUT2D eigenvalue weighted by Crippen LogP contribution is -2.37. The molecule has 0 spiro atoms. The Hall–Kier alpha value is -3.43. The fourth-order valence-corrected chi connectivity index (χ4v) is 4.55. The zero-order valence-corrected chi connectivity index (χ0v) is 20.6. The minimum Gasteiger partial charge on any atom is -0.493 e. The van der Waals surface area contributed by atoms with Gasteiger partial charge in [-0.25, -0.2) is 0 Å². The average Bonchev–Trinajstić information content (AvgIpc) is 3.22. The Morgan fingerprint density at radius 1 is 0.857 bits per heavy atom. The van der Waals surface area contributed by atoms with Gasteiger partial charge in [0.1, 0.15) is 25.1 Å². The molecule has 3 aromatic carbocycles. The van der Waals surface area contributed by atoms with Crippen molar-refractivity contribution in [2.24, 2.45) is 7.05 Å². The van der Waals surface area contributed by atoms with Gasteiger partial charge in [-0.1, -0.05) is 48.5 Å². The predicted molar refractivity (Wildman–Crippen MR) is 133 cm³/mol. The smallest absolute Gasteiger partial charge is 0.267 e. The maximum absolute atomic E-state index is 12.2. The quantitative estimate of drug-likeness (QED) is 0.160. The summed E-state index contributed by atoms with van der Waals surface area (Å²) in [6, 6.07) is 23.5. The Morgan fingerprint density at radius 3 is 2.46 bits per heavy atom. The molecular weight excluding hydrogens is 466 g/mol. The van der Waals surface area contributed by atoms with Crippen molar-refractivity contribution in [3.8, 4) is 11.5 Å². The van der Waals surface area contributed by atoms with Crippen LogP contribution in [0.15, 0.2) is 79.0 Å². The first-order valence-corrected chi connectivity index (χ1v) is 13.2. The number of aryl methyl sites for hydroxylation is 2. The number of para-hydroxylation sites is 1. The predicted octanol–water partition coefficient (Wildman–Crippen LogP) is 3.65. The van der Waals surface area contributed by atoms with Crippen LogP contribution in [0.2, 0.25) is 0 Å². The van der Waals surface area contributed by atoms with E-state index >= 15 is 0 Å². The molecule has 4 aromatic rings. The Kier molecular flexibility index (Phi) is 8.33. The van der Waals surface area contributed by atoms with Gasteiger partial charge in [0, 0.05) is 12.8 Å². The van der Waals surface area contributed by atoms with Crippen LogP contribution in [0.3, 0.4) is 0 Å². The number of ether oxygens (including phenoxy) is 2. The Balaban J connectivity index is 1.14. The van der Waals surface area contributed by atoms with E-state index in [1.165, 1.54) is 0 Å². The Labute approximate surface area is 205 Å². The van der Waals surface area contributed by atoms with Gasteiger partial charge in [-0.05, 0) is 35.0 Å². The molecule has 0 saturated carbocycles. The summed E-state index contributed by atoms with van der Waals surface area (Å²) >= 11 is 0. The zero-order chi connectivity index (χ0) is 24.5. The van der Waals surface area contributed by atoms with Crippen LogP contribution in [-0.2, 0) is 34.5 Å². The van der Waals surface area contributed by atoms with Crippen LogP contribution in [0.4, 0.5) is 0 Å². The van der Waals surface area contributed by atoms with Gasteiger partial charge in [-0.15, -0.1) is 9.36 Å². The number of rotatable bonds is 13. The van der Waals surface area contributed by atoms with Gasteiger partial charge in [0.05, 0.1) is 24.2 Å². The van der Waals surface area contributed by atoms with Crippen molar-refractivity contribution in [1.29, 1.82) is 0 Å². The molecule has 1 heterocycles. The molecule has 0 fully saturated rings. The summed E-state index contributed by atoms with van der Waals surface area (Å²) in [6.07, 6.45) is 2.74. The van der Waals surface area contributed by atoms with E-state index in [-0.39, 0.29) is 12.4 Å². The monoisotopic (exact) mass is 496 g/mol. The Morgan fingerprint density at radius 2 is 1.63 bits per heavy atom. The van der Waals surface area contributed by atoms with Crippen molar-refractivity contribution in [2.75, 3.05) is 19.0 Å². The maximum atomic E-state index is 12.2. The first-order valence-electron chi connectivity index (χ1n) is 11.6. The largest absolute Gasteiger partial charge is 0.493 e. The van der Waals surface area contributed by atoms with Crippen LogP contribution in [0, 0.1) is 0 Å². The minimum atomic E-state index is -3.60. The van der Waals surface area contributed by atoms with Crippen LogP contribution >= 0.6 is 0 Å². The third kappa shape index (κ3) is 7.53. The number of benzene rings is 3. The molecule has 0 amide bonds. The second-order valence-electron chi connectivity index (χ2n) is 8.15. The Bertz CT molecular complexity index is 1340. The summed E-state index contributed by atoms with van der Waals surface area (Å²) in [5.74, 6) is 1.47. The van der Waals surface area contributed by atoms with E-state index in [2.05, 4.69) is 5.21 Å². The molecular formula is C26H30N3O5S+. The topological polar surface area (TPSA) is 83.5 Å². The van der Waals surface area contributed by atoms with Crippen molar-refractivity contribution in [2.45, 2.75) is 26.0 Å². The molecule has 9 heteroatoms. The summed E-state index contributed by atoms with van der Waals surface area (Å²) < 4.78 is 44.5. The lowest BCUT2D eigenvalue weighted by molar-refractivity contribution is -0.755. The van der Waals surface area contributed by atoms with E-state index < -0.39 is 10.1 Å². The summed E-state index contributed by atoms with van der Waals surface area (Å²) in [7, 11) is -1.77. The van der Waals surface area contributed by atoms with E-state index in [1.54, 1.807) is 9.36 Å². The highest BCUT2D eigenvalue weighted by atomic mass is 32.2. The second-order valence-corrected chi connectivity index (χ2v) is 9.91. The van der Waals surface area contributed by atoms with E-state index in [0.29, 0.717) is 32.6 Å². The van der Waals surface area contributed by atoms with Crippen molar-refractivity contribution in [3.63, 3.8) is 0 Å². The fourth-order valence-electron chi connectivity index (χ4n) is 3.58. The van der Waals surface area contributed by atoms with Crippen LogP contribution in [0.1, 0.15) is 18.5 Å². The molecule has 0 bridgehead atoms. The maximum Gasteiger partial charge on any atom is 0.267 e. The normalized spacial score (nSPS) is 11.6. The minimum absolute atomic E-state index is 0.0715. The van der Waals surface area contributed by atoms with Crippen molar-refractivity contribution < 1.29 is 26.8 Å². The van der Waals surface area contributed by atoms with Crippen molar-refractivity contribution in [1.82, 2.24) is 9.90 Å². The highest BCUT2D eigenvalue weighted by molar-refractivity contribution is 7.86. The highest BCUT2D eigenvalue weighted by Gasteiger charge is 2.16. The SMILES string of the molecule is Cn1n[n+](CCCS(=O)(=O)OCCCOc2ccc3ccccc3c2)cc1COc1ccccc1. The first kappa shape index (κ1) is 24.7. The summed E-state index contributed by atoms with van der Waals surface area (Å²) in [6.45, 7) is 1.31. The highest BCUT2D eigenvalue weighted by Crippen LogP contribution is 2.20. The zero-order valence-electron chi connectivity index (χ0n) is 19.7. The van der Waals surface area contributed by atoms with E-state index in [1.807, 2.05) is 86.0 Å². The number of aromatic nitrogens is 3. The fraction of sp³-hybridized carbons (Fsp3) is 0.308. The van der Waals surface area contributed by atoms with Gasteiger partial charge < -0.3 is 9.47 Å². The molecule has 0 aliphatic rings. The van der Waals surface area contributed by atoms with Gasteiger partial charge >= 0.3 is 0 Å². The second kappa shape index (κ2) is 11.8. The molecule has 8 nitrogen and oxygen atoms in total. The molecule has 0 atom stereocenters. The number of hydrogen-bond donors (Lipinski definition) is 0. The van der Waals surface area contributed by atoms with Crippen LogP contribution in [0.25, 0.3) is 10.8 Å². The standard InChI is InChI=1S/C26H30N3O5S/c1-28-24(21-33-25-11-3-2-4-12-25)20-29(27-28)15-7-18-35(30,31)34-17-8-16-32-26-14-13-22-9-5-6-10-23(22)19-26/h2-6,9-14,19-20H,7-8,15-18,21H2,1H3/q+1. The molecule has 35 heavy (non-hydrogen) atoms. The van der Waals surface area contributed by atoms with Gasteiger partial charge in [-0.3, -0.25) is 4.18 Å². The molecule has 0 N–H and O–H groups in total. The third-order valence-electron chi connectivity index (χ3n) is 5.42. The summed E-state index contributed by atoms with van der Waals surface area (Å²) in [5, 5.41) is 6.63. The molecule has 0 saturated heterocycles. The molecule has 0 aliphatic carbocycles. The molecule has 0 aliphatic heterocycles. The first-order chi connectivity index (χ1) is 17.0. The number of nitrogens with zero attached hydrogens (tertiary/aromatic N) is 3. The van der Waals surface area contributed by atoms with Crippen molar-refractivity contribution in [3.05, 3.63) is 84.7 Å². The van der Waals surface area contributed by atoms with Crippen LogP contribution in [-0.4, -0.2) is 37.3 Å². The molecule has 4 rings (SSSR count). The van der Waals surface area contributed by atoms with E-state index in [9.17, 15) is 8.42 Å². The van der Waals surface area contributed by atoms with Crippen LogP contribution in [0.5, 0.6) is 11.5 Å².